The molecule has 0 heterocycles. The van der Waals surface area contributed by atoms with Crippen LogP contribution in [0, 0.1) is 0 Å². The van der Waals surface area contributed by atoms with Gasteiger partial charge in [0.25, 0.3) is 0 Å². The minimum atomic E-state index is -0.701. The summed E-state index contributed by atoms with van der Waals surface area (Å²) < 4.78 is 5.87. The van der Waals surface area contributed by atoms with Crippen LogP contribution in [0.25, 0.3) is 0 Å². The van der Waals surface area contributed by atoms with Crippen LogP contribution in [-0.2, 0) is 14.3 Å². The molecular weight excluding hydrogens is 472 g/mol. The molecule has 226 valence electrons. The summed E-state index contributed by atoms with van der Waals surface area (Å²) in [5.74, 6) is -0.707. The minimum Gasteiger partial charge on any atom is -0.481 e. The Labute approximate surface area is 237 Å². The molecule has 0 spiro atoms. The normalized spacial score (nSPS) is 12.1. The first-order valence-electron chi connectivity index (χ1n) is 17.0. The molecule has 0 aromatic rings. The van der Waals surface area contributed by atoms with Gasteiger partial charge in [-0.05, 0) is 38.5 Å². The van der Waals surface area contributed by atoms with Crippen molar-refractivity contribution < 1.29 is 19.4 Å². The maximum absolute atomic E-state index is 12.4. The summed E-state index contributed by atoms with van der Waals surface area (Å²) in [7, 11) is 0. The number of carboxylic acids is 1. The van der Waals surface area contributed by atoms with Gasteiger partial charge in [-0.1, -0.05) is 149 Å². The lowest BCUT2D eigenvalue weighted by molar-refractivity contribution is -0.150. The molecule has 0 aromatic carbocycles. The van der Waals surface area contributed by atoms with E-state index < -0.39 is 5.97 Å². The van der Waals surface area contributed by atoms with Crippen molar-refractivity contribution in [1.82, 2.24) is 0 Å². The maximum Gasteiger partial charge on any atom is 0.306 e. The predicted octanol–water partition coefficient (Wildman–Crippen LogP) is 11.3. The van der Waals surface area contributed by atoms with Crippen LogP contribution in [0.5, 0.6) is 0 Å². The van der Waals surface area contributed by atoms with Crippen LogP contribution in [0.1, 0.15) is 200 Å². The highest BCUT2D eigenvalue weighted by Crippen LogP contribution is 2.18. The summed E-state index contributed by atoms with van der Waals surface area (Å²) in [6.07, 6.45) is 34.3. The number of hydrogen-bond acceptors (Lipinski definition) is 3. The summed E-state index contributed by atoms with van der Waals surface area (Å²) in [5.41, 5.74) is 0. The number of hydrogen-bond donors (Lipinski definition) is 1. The minimum absolute atomic E-state index is 0.00563. The number of esters is 1. The number of carboxylic acid groups (broad SMARTS) is 1. The van der Waals surface area contributed by atoms with Crippen LogP contribution < -0.4 is 0 Å². The molecule has 0 aliphatic carbocycles. The zero-order valence-corrected chi connectivity index (χ0v) is 25.8. The zero-order chi connectivity index (χ0) is 27.9. The van der Waals surface area contributed by atoms with Crippen molar-refractivity contribution in [2.45, 2.75) is 206 Å². The average Bonchev–Trinajstić information content (AvgIpc) is 2.89. The summed E-state index contributed by atoms with van der Waals surface area (Å²) in [5, 5.41) is 8.72. The highest BCUT2D eigenvalue weighted by molar-refractivity contribution is 5.69. The molecule has 1 N–H and O–H groups in total. The Morgan fingerprint density at radius 3 is 1.21 bits per heavy atom. The van der Waals surface area contributed by atoms with E-state index in [9.17, 15) is 9.59 Å². The van der Waals surface area contributed by atoms with Crippen LogP contribution >= 0.6 is 0 Å². The van der Waals surface area contributed by atoms with Crippen LogP contribution in [0.2, 0.25) is 0 Å². The second kappa shape index (κ2) is 30.5. The van der Waals surface area contributed by atoms with Gasteiger partial charge < -0.3 is 9.84 Å². The molecule has 0 aromatic heterocycles. The SMILES string of the molecule is CCCCCCCCCCCCCCCCCCCC(=O)OC(CCCCC)CCCCCCCC(=O)O. The van der Waals surface area contributed by atoms with Gasteiger partial charge in [0.15, 0.2) is 0 Å². The Morgan fingerprint density at radius 1 is 0.474 bits per heavy atom. The lowest BCUT2D eigenvalue weighted by Crippen LogP contribution is -2.18. The molecule has 38 heavy (non-hydrogen) atoms. The molecule has 0 radical (unpaired) electrons. The second-order valence-electron chi connectivity index (χ2n) is 11.7. The third-order valence-electron chi connectivity index (χ3n) is 7.83. The quantitative estimate of drug-likeness (QED) is 0.0704. The van der Waals surface area contributed by atoms with E-state index in [-0.39, 0.29) is 18.5 Å². The largest absolute Gasteiger partial charge is 0.481 e. The fourth-order valence-electron chi connectivity index (χ4n) is 5.30. The maximum atomic E-state index is 12.4. The first-order chi connectivity index (χ1) is 18.6. The Bertz CT molecular complexity index is 505. The summed E-state index contributed by atoms with van der Waals surface area (Å²) in [6, 6.07) is 0. The van der Waals surface area contributed by atoms with E-state index in [2.05, 4.69) is 13.8 Å². The van der Waals surface area contributed by atoms with E-state index in [1.807, 2.05) is 0 Å². The standard InChI is InChI=1S/C34H66O4/c1-3-5-7-8-9-10-11-12-13-14-15-16-17-18-19-23-27-31-34(37)38-32(28-24-6-4-2)29-25-21-20-22-26-30-33(35)36/h32H,3-31H2,1-2H3,(H,35,36). The Kier molecular flexibility index (Phi) is 29.6. The van der Waals surface area contributed by atoms with Gasteiger partial charge >= 0.3 is 11.9 Å². The molecule has 4 heteroatoms. The van der Waals surface area contributed by atoms with Gasteiger partial charge in [-0.15, -0.1) is 0 Å². The van der Waals surface area contributed by atoms with Crippen molar-refractivity contribution in [3.05, 3.63) is 0 Å². The van der Waals surface area contributed by atoms with Gasteiger partial charge in [-0.3, -0.25) is 9.59 Å². The number of unbranched alkanes of at least 4 members (excludes halogenated alkanes) is 22. The molecule has 0 amide bonds. The Balaban J connectivity index is 3.64. The van der Waals surface area contributed by atoms with Gasteiger partial charge in [0.2, 0.25) is 0 Å². The smallest absolute Gasteiger partial charge is 0.306 e. The van der Waals surface area contributed by atoms with Crippen molar-refractivity contribution in [2.75, 3.05) is 0 Å². The van der Waals surface area contributed by atoms with Crippen molar-refractivity contribution in [3.8, 4) is 0 Å². The zero-order valence-electron chi connectivity index (χ0n) is 25.8. The number of aliphatic carboxylic acids is 1. The fourth-order valence-corrected chi connectivity index (χ4v) is 5.30. The van der Waals surface area contributed by atoms with Gasteiger partial charge in [0.1, 0.15) is 6.10 Å². The lowest BCUT2D eigenvalue weighted by Gasteiger charge is -2.18. The van der Waals surface area contributed by atoms with Crippen molar-refractivity contribution in [2.24, 2.45) is 0 Å². The number of ether oxygens (including phenoxy) is 1. The highest BCUT2D eigenvalue weighted by atomic mass is 16.5. The van der Waals surface area contributed by atoms with E-state index in [4.69, 9.17) is 9.84 Å². The van der Waals surface area contributed by atoms with Gasteiger partial charge in [-0.2, -0.15) is 0 Å². The number of carbonyl (C=O) groups excluding carboxylic acids is 1. The predicted molar refractivity (Wildman–Crippen MR) is 163 cm³/mol. The van der Waals surface area contributed by atoms with E-state index in [0.29, 0.717) is 6.42 Å². The third kappa shape index (κ3) is 29.5. The Morgan fingerprint density at radius 2 is 0.789 bits per heavy atom. The van der Waals surface area contributed by atoms with E-state index in [1.54, 1.807) is 0 Å². The molecule has 0 saturated carbocycles. The lowest BCUT2D eigenvalue weighted by atomic mass is 10.0. The van der Waals surface area contributed by atoms with Crippen LogP contribution in [-0.4, -0.2) is 23.1 Å². The van der Waals surface area contributed by atoms with Crippen molar-refractivity contribution >= 4 is 11.9 Å². The molecule has 0 aliphatic heterocycles. The molecule has 0 saturated heterocycles. The number of rotatable bonds is 31. The first kappa shape index (κ1) is 36.9. The average molecular weight is 539 g/mol. The topological polar surface area (TPSA) is 63.6 Å². The molecule has 0 bridgehead atoms. The first-order valence-corrected chi connectivity index (χ1v) is 17.0. The van der Waals surface area contributed by atoms with Crippen molar-refractivity contribution in [3.63, 3.8) is 0 Å². The van der Waals surface area contributed by atoms with Crippen LogP contribution in [0.15, 0.2) is 0 Å². The molecule has 4 nitrogen and oxygen atoms in total. The molecule has 0 aliphatic rings. The monoisotopic (exact) mass is 538 g/mol. The van der Waals surface area contributed by atoms with E-state index in [1.165, 1.54) is 109 Å². The molecule has 1 atom stereocenters. The van der Waals surface area contributed by atoms with Gasteiger partial charge in [0, 0.05) is 12.8 Å². The molecule has 1 unspecified atom stereocenters. The van der Waals surface area contributed by atoms with Gasteiger partial charge in [-0.25, -0.2) is 0 Å². The van der Waals surface area contributed by atoms with Gasteiger partial charge in [0.05, 0.1) is 0 Å². The third-order valence-corrected chi connectivity index (χ3v) is 7.83. The Hall–Kier alpha value is -1.06. The van der Waals surface area contributed by atoms with E-state index >= 15 is 0 Å². The summed E-state index contributed by atoms with van der Waals surface area (Å²) >= 11 is 0. The highest BCUT2D eigenvalue weighted by Gasteiger charge is 2.14. The van der Waals surface area contributed by atoms with Crippen LogP contribution in [0.3, 0.4) is 0 Å². The number of carbonyl (C=O) groups is 2. The van der Waals surface area contributed by atoms with Crippen LogP contribution in [0.4, 0.5) is 0 Å². The second-order valence-corrected chi connectivity index (χ2v) is 11.7. The molecule has 0 rings (SSSR count). The summed E-state index contributed by atoms with van der Waals surface area (Å²) in [6.45, 7) is 4.49. The molecular formula is C34H66O4. The fraction of sp³-hybridized carbons (Fsp3) is 0.941. The molecule has 0 fully saturated rings. The van der Waals surface area contributed by atoms with Crippen molar-refractivity contribution in [1.29, 1.82) is 0 Å². The summed E-state index contributed by atoms with van der Waals surface area (Å²) in [4.78, 5) is 23.0. The van der Waals surface area contributed by atoms with E-state index in [0.717, 1.165) is 64.2 Å².